The van der Waals surface area contributed by atoms with Crippen molar-refractivity contribution in [3.63, 3.8) is 0 Å². The van der Waals surface area contributed by atoms with Crippen molar-refractivity contribution in [1.82, 2.24) is 19.5 Å². The van der Waals surface area contributed by atoms with Crippen LogP contribution in [0.15, 0.2) is 158 Å². The fourth-order valence-corrected chi connectivity index (χ4v) is 9.63. The fourth-order valence-electron chi connectivity index (χ4n) is 8.49. The monoisotopic (exact) mass is 696 g/mol. The van der Waals surface area contributed by atoms with E-state index in [1.54, 1.807) is 11.3 Å². The zero-order valence-electron chi connectivity index (χ0n) is 29.2. The van der Waals surface area contributed by atoms with E-state index < -0.39 is 0 Å². The predicted molar refractivity (Wildman–Crippen MR) is 221 cm³/mol. The van der Waals surface area contributed by atoms with E-state index in [-0.39, 0.29) is 5.41 Å². The van der Waals surface area contributed by atoms with E-state index in [1.807, 2.05) is 18.2 Å². The van der Waals surface area contributed by atoms with Crippen molar-refractivity contribution >= 4 is 53.3 Å². The Balaban J connectivity index is 1.16. The highest BCUT2D eigenvalue weighted by Crippen LogP contribution is 2.51. The van der Waals surface area contributed by atoms with Crippen molar-refractivity contribution in [2.24, 2.45) is 0 Å². The van der Waals surface area contributed by atoms with Crippen LogP contribution in [0.3, 0.4) is 0 Å². The largest absolute Gasteiger partial charge is 0.308 e. The van der Waals surface area contributed by atoms with Crippen LogP contribution in [0.25, 0.3) is 93.0 Å². The Morgan fingerprint density at radius 1 is 0.434 bits per heavy atom. The van der Waals surface area contributed by atoms with Gasteiger partial charge in [0.25, 0.3) is 0 Å². The first-order valence-corrected chi connectivity index (χ1v) is 18.9. The summed E-state index contributed by atoms with van der Waals surface area (Å²) < 4.78 is 4.91. The molecule has 7 aromatic carbocycles. The number of para-hydroxylation sites is 2. The minimum absolute atomic E-state index is 0.121. The van der Waals surface area contributed by atoms with Gasteiger partial charge < -0.3 is 4.57 Å². The number of fused-ring (bicyclic) bond motifs is 9. The Morgan fingerprint density at radius 3 is 1.96 bits per heavy atom. The van der Waals surface area contributed by atoms with Gasteiger partial charge in [-0.1, -0.05) is 129 Å². The molecular weight excluding hydrogens is 665 g/mol. The van der Waals surface area contributed by atoms with Crippen LogP contribution >= 0.6 is 11.3 Å². The molecule has 0 saturated carbocycles. The lowest BCUT2D eigenvalue weighted by molar-refractivity contribution is 0.661. The standard InChI is InChI=1S/C48H32N4S/c1-48(2)38-20-10-6-16-31(38)36-27-37-32-17-7-11-21-40(32)52(42(37)28-39(36)48)41-22-12-8-19-35(41)47-50-45(29-14-4-3-5-15-29)49-46(51-47)30-24-25-34-33-18-9-13-23-43(33)53-44(34)26-30/h3-28H,1-2H3. The molecule has 1 aliphatic rings. The molecule has 0 N–H and O–H groups in total. The van der Waals surface area contributed by atoms with Crippen LogP contribution in [0.4, 0.5) is 0 Å². The number of thiophene rings is 1. The summed E-state index contributed by atoms with van der Waals surface area (Å²) in [5.41, 5.74) is 11.5. The minimum atomic E-state index is -0.121. The molecule has 0 aliphatic heterocycles. The van der Waals surface area contributed by atoms with E-state index in [0.717, 1.165) is 27.9 Å². The van der Waals surface area contributed by atoms with E-state index >= 15 is 0 Å². The molecule has 250 valence electrons. The Hall–Kier alpha value is -6.43. The van der Waals surface area contributed by atoms with Gasteiger partial charge in [0.1, 0.15) is 0 Å². The zero-order chi connectivity index (χ0) is 35.3. The SMILES string of the molecule is CC1(C)c2ccccc2-c2cc3c4ccccc4n(-c4ccccc4-c4nc(-c5ccccc5)nc(-c5ccc6c(c5)sc5ccccc56)n4)c3cc21. The maximum Gasteiger partial charge on any atom is 0.166 e. The van der Waals surface area contributed by atoms with Gasteiger partial charge in [-0.25, -0.2) is 15.0 Å². The van der Waals surface area contributed by atoms with Crippen LogP contribution in [0.2, 0.25) is 0 Å². The maximum atomic E-state index is 5.27. The highest BCUT2D eigenvalue weighted by Gasteiger charge is 2.36. The van der Waals surface area contributed by atoms with Crippen molar-refractivity contribution in [1.29, 1.82) is 0 Å². The molecule has 0 atom stereocenters. The summed E-state index contributed by atoms with van der Waals surface area (Å²) in [6, 6.07) is 56.4. The molecule has 10 aromatic rings. The predicted octanol–water partition coefficient (Wildman–Crippen LogP) is 12.6. The molecular formula is C48H32N4S. The molecule has 5 heteroatoms. The van der Waals surface area contributed by atoms with Crippen LogP contribution in [0, 0.1) is 0 Å². The van der Waals surface area contributed by atoms with Gasteiger partial charge in [0.2, 0.25) is 0 Å². The molecule has 0 fully saturated rings. The molecule has 0 unspecified atom stereocenters. The van der Waals surface area contributed by atoms with Gasteiger partial charge in [0.15, 0.2) is 17.5 Å². The zero-order valence-corrected chi connectivity index (χ0v) is 30.0. The second-order valence-electron chi connectivity index (χ2n) is 14.4. The third-order valence-corrected chi connectivity index (χ3v) is 12.2. The highest BCUT2D eigenvalue weighted by molar-refractivity contribution is 7.25. The Kier molecular flexibility index (Phi) is 6.43. The first-order chi connectivity index (χ1) is 26.0. The van der Waals surface area contributed by atoms with Gasteiger partial charge >= 0.3 is 0 Å². The average molecular weight is 697 g/mol. The van der Waals surface area contributed by atoms with E-state index in [2.05, 4.69) is 158 Å². The molecule has 0 bridgehead atoms. The summed E-state index contributed by atoms with van der Waals surface area (Å²) in [6.07, 6.45) is 0. The summed E-state index contributed by atoms with van der Waals surface area (Å²) in [6.45, 7) is 4.69. The molecule has 0 radical (unpaired) electrons. The third-order valence-electron chi connectivity index (χ3n) is 11.1. The molecule has 0 amide bonds. The number of nitrogens with zero attached hydrogens (tertiary/aromatic N) is 4. The van der Waals surface area contributed by atoms with E-state index in [9.17, 15) is 0 Å². The molecule has 3 aromatic heterocycles. The first-order valence-electron chi connectivity index (χ1n) is 18.0. The molecule has 0 saturated heterocycles. The second-order valence-corrected chi connectivity index (χ2v) is 15.5. The molecule has 1 aliphatic carbocycles. The van der Waals surface area contributed by atoms with Crippen LogP contribution in [0.1, 0.15) is 25.0 Å². The molecule has 11 rings (SSSR count). The lowest BCUT2D eigenvalue weighted by Crippen LogP contribution is -2.15. The van der Waals surface area contributed by atoms with Gasteiger partial charge in [-0.3, -0.25) is 0 Å². The fraction of sp³-hybridized carbons (Fsp3) is 0.0625. The van der Waals surface area contributed by atoms with Gasteiger partial charge in [-0.05, 0) is 64.7 Å². The summed E-state index contributed by atoms with van der Waals surface area (Å²) in [4.78, 5) is 15.6. The lowest BCUT2D eigenvalue weighted by Gasteiger charge is -2.22. The third kappa shape index (κ3) is 4.51. The van der Waals surface area contributed by atoms with Crippen LogP contribution < -0.4 is 0 Å². The van der Waals surface area contributed by atoms with Crippen LogP contribution in [0.5, 0.6) is 0 Å². The van der Waals surface area contributed by atoms with E-state index in [4.69, 9.17) is 15.0 Å². The Morgan fingerprint density at radius 2 is 1.09 bits per heavy atom. The van der Waals surface area contributed by atoms with Crippen LogP contribution in [-0.2, 0) is 5.41 Å². The first kappa shape index (κ1) is 30.2. The smallest absolute Gasteiger partial charge is 0.166 e. The van der Waals surface area contributed by atoms with Gasteiger partial charge in [-0.2, -0.15) is 0 Å². The molecule has 4 nitrogen and oxygen atoms in total. The van der Waals surface area contributed by atoms with Crippen molar-refractivity contribution in [3.05, 3.63) is 169 Å². The van der Waals surface area contributed by atoms with Crippen LogP contribution in [-0.4, -0.2) is 19.5 Å². The topological polar surface area (TPSA) is 43.6 Å². The number of aromatic nitrogens is 4. The van der Waals surface area contributed by atoms with Crippen molar-refractivity contribution in [3.8, 4) is 51.0 Å². The lowest BCUT2D eigenvalue weighted by atomic mass is 9.82. The summed E-state index contributed by atoms with van der Waals surface area (Å²) in [5, 5.41) is 4.99. The molecule has 53 heavy (non-hydrogen) atoms. The molecule has 3 heterocycles. The van der Waals surface area contributed by atoms with Gasteiger partial charge in [0, 0.05) is 53.1 Å². The summed E-state index contributed by atoms with van der Waals surface area (Å²) >= 11 is 1.80. The summed E-state index contributed by atoms with van der Waals surface area (Å²) in [5.74, 6) is 1.94. The second kappa shape index (κ2) is 11.3. The minimum Gasteiger partial charge on any atom is -0.308 e. The number of rotatable bonds is 4. The number of hydrogen-bond acceptors (Lipinski definition) is 4. The maximum absolute atomic E-state index is 5.27. The quantitative estimate of drug-likeness (QED) is 0.184. The average Bonchev–Trinajstić information content (AvgIpc) is 3.82. The van der Waals surface area contributed by atoms with E-state index in [1.165, 1.54) is 58.7 Å². The Bertz CT molecular complexity index is 3100. The number of hydrogen-bond donors (Lipinski definition) is 0. The van der Waals surface area contributed by atoms with E-state index in [0.29, 0.717) is 17.5 Å². The van der Waals surface area contributed by atoms with Crippen molar-refractivity contribution < 1.29 is 0 Å². The normalized spacial score (nSPS) is 13.2. The van der Waals surface area contributed by atoms with Crippen molar-refractivity contribution in [2.45, 2.75) is 19.3 Å². The Labute approximate surface area is 310 Å². The van der Waals surface area contributed by atoms with Crippen molar-refractivity contribution in [2.75, 3.05) is 0 Å². The molecule has 0 spiro atoms. The highest BCUT2D eigenvalue weighted by atomic mass is 32.1. The van der Waals surface area contributed by atoms with Gasteiger partial charge in [-0.15, -0.1) is 11.3 Å². The number of benzene rings is 7. The summed E-state index contributed by atoms with van der Waals surface area (Å²) in [7, 11) is 0. The van der Waals surface area contributed by atoms with Gasteiger partial charge in [0.05, 0.1) is 16.7 Å².